The monoisotopic (exact) mass is 336 g/mol. The first-order valence-corrected chi connectivity index (χ1v) is 7.43. The standard InChI is InChI=1S/C16H25FN2.2ClH/c1-3-4-5-16(19-10-8-18-9-11-19)14-6-7-15(17)13(2)12-14;;/h6-7,12,16,18H,3-5,8-11H2,1-2H3;2*1H/t16-;;/m1../s1. The number of aryl methyl sites for hydroxylation is 1. The molecular weight excluding hydrogens is 310 g/mol. The summed E-state index contributed by atoms with van der Waals surface area (Å²) in [5.41, 5.74) is 2.03. The zero-order valence-corrected chi connectivity index (χ0v) is 14.5. The summed E-state index contributed by atoms with van der Waals surface area (Å²) < 4.78 is 13.4. The molecule has 1 atom stereocenters. The summed E-state index contributed by atoms with van der Waals surface area (Å²) >= 11 is 0. The van der Waals surface area contributed by atoms with E-state index in [2.05, 4.69) is 17.1 Å². The van der Waals surface area contributed by atoms with Crippen LogP contribution in [0.4, 0.5) is 4.39 Å². The van der Waals surface area contributed by atoms with Crippen LogP contribution in [0, 0.1) is 12.7 Å². The number of hydrogen-bond acceptors (Lipinski definition) is 2. The molecule has 21 heavy (non-hydrogen) atoms. The summed E-state index contributed by atoms with van der Waals surface area (Å²) in [6, 6.07) is 6.05. The van der Waals surface area contributed by atoms with Crippen LogP contribution in [0.2, 0.25) is 0 Å². The van der Waals surface area contributed by atoms with Gasteiger partial charge in [0, 0.05) is 32.2 Å². The zero-order valence-electron chi connectivity index (χ0n) is 12.9. The van der Waals surface area contributed by atoms with Crippen LogP contribution in [0.25, 0.3) is 0 Å². The molecular formula is C16H27Cl2FN2. The second kappa shape index (κ2) is 10.4. The van der Waals surface area contributed by atoms with Gasteiger partial charge in [-0.05, 0) is 30.5 Å². The maximum absolute atomic E-state index is 13.4. The lowest BCUT2D eigenvalue weighted by molar-refractivity contribution is 0.163. The molecule has 1 fully saturated rings. The lowest BCUT2D eigenvalue weighted by Gasteiger charge is -2.35. The van der Waals surface area contributed by atoms with Crippen molar-refractivity contribution in [1.29, 1.82) is 0 Å². The minimum atomic E-state index is -0.0988. The molecule has 0 bridgehead atoms. The fourth-order valence-corrected chi connectivity index (χ4v) is 2.83. The van der Waals surface area contributed by atoms with Crippen LogP contribution in [0.3, 0.4) is 0 Å². The number of rotatable bonds is 5. The van der Waals surface area contributed by atoms with Gasteiger partial charge in [-0.1, -0.05) is 31.9 Å². The van der Waals surface area contributed by atoms with E-state index in [9.17, 15) is 4.39 Å². The highest BCUT2D eigenvalue weighted by molar-refractivity contribution is 5.85. The summed E-state index contributed by atoms with van der Waals surface area (Å²) in [5.74, 6) is -0.0988. The SMILES string of the molecule is CCCC[C@H](c1ccc(F)c(C)c1)N1CCNCC1.Cl.Cl. The molecule has 2 nitrogen and oxygen atoms in total. The molecule has 1 aromatic rings. The zero-order chi connectivity index (χ0) is 13.7. The summed E-state index contributed by atoms with van der Waals surface area (Å²) in [6.45, 7) is 8.37. The Morgan fingerprint density at radius 3 is 2.48 bits per heavy atom. The highest BCUT2D eigenvalue weighted by Crippen LogP contribution is 2.28. The van der Waals surface area contributed by atoms with Crippen molar-refractivity contribution in [1.82, 2.24) is 10.2 Å². The van der Waals surface area contributed by atoms with Crippen molar-refractivity contribution in [2.24, 2.45) is 0 Å². The molecule has 1 aliphatic rings. The number of nitrogens with one attached hydrogen (secondary N) is 1. The Morgan fingerprint density at radius 2 is 1.90 bits per heavy atom. The fraction of sp³-hybridized carbons (Fsp3) is 0.625. The van der Waals surface area contributed by atoms with E-state index in [4.69, 9.17) is 0 Å². The maximum atomic E-state index is 13.4. The van der Waals surface area contributed by atoms with Gasteiger partial charge in [0.25, 0.3) is 0 Å². The van der Waals surface area contributed by atoms with Crippen LogP contribution in [-0.4, -0.2) is 31.1 Å². The average molecular weight is 337 g/mol. The predicted molar refractivity (Wildman–Crippen MR) is 92.3 cm³/mol. The van der Waals surface area contributed by atoms with Gasteiger partial charge < -0.3 is 5.32 Å². The fourth-order valence-electron chi connectivity index (χ4n) is 2.83. The van der Waals surface area contributed by atoms with Gasteiger partial charge in [0.1, 0.15) is 5.82 Å². The summed E-state index contributed by atoms with van der Waals surface area (Å²) in [5, 5.41) is 3.40. The number of nitrogens with zero attached hydrogens (tertiary/aromatic N) is 1. The number of piperazine rings is 1. The molecule has 5 heteroatoms. The highest BCUT2D eigenvalue weighted by Gasteiger charge is 2.21. The molecule has 0 saturated carbocycles. The minimum Gasteiger partial charge on any atom is -0.314 e. The Hall–Kier alpha value is -0.350. The van der Waals surface area contributed by atoms with Crippen molar-refractivity contribution in [3.05, 3.63) is 35.1 Å². The summed E-state index contributed by atoms with van der Waals surface area (Å²) in [6.07, 6.45) is 3.61. The number of benzene rings is 1. The van der Waals surface area contributed by atoms with Gasteiger partial charge in [-0.3, -0.25) is 4.90 Å². The minimum absolute atomic E-state index is 0. The van der Waals surface area contributed by atoms with E-state index in [-0.39, 0.29) is 30.6 Å². The second-order valence-electron chi connectivity index (χ2n) is 5.45. The van der Waals surface area contributed by atoms with Crippen molar-refractivity contribution in [3.8, 4) is 0 Å². The molecule has 122 valence electrons. The van der Waals surface area contributed by atoms with Crippen LogP contribution in [0.5, 0.6) is 0 Å². The van der Waals surface area contributed by atoms with Crippen LogP contribution < -0.4 is 5.32 Å². The molecule has 2 rings (SSSR count). The normalized spacial score (nSPS) is 16.7. The first kappa shape index (κ1) is 20.6. The lowest BCUT2D eigenvalue weighted by Crippen LogP contribution is -2.45. The number of hydrogen-bond donors (Lipinski definition) is 1. The quantitative estimate of drug-likeness (QED) is 0.870. The number of halogens is 3. The lowest BCUT2D eigenvalue weighted by atomic mass is 9.97. The Morgan fingerprint density at radius 1 is 1.24 bits per heavy atom. The van der Waals surface area contributed by atoms with Crippen LogP contribution in [0.15, 0.2) is 18.2 Å². The third-order valence-electron chi connectivity index (χ3n) is 3.99. The van der Waals surface area contributed by atoms with Gasteiger partial charge in [0.2, 0.25) is 0 Å². The number of unbranched alkanes of at least 4 members (excludes halogenated alkanes) is 1. The molecule has 0 aromatic heterocycles. The van der Waals surface area contributed by atoms with Crippen molar-refractivity contribution in [2.45, 2.75) is 39.2 Å². The molecule has 0 aliphatic carbocycles. The van der Waals surface area contributed by atoms with E-state index in [1.807, 2.05) is 19.1 Å². The van der Waals surface area contributed by atoms with E-state index < -0.39 is 0 Å². The molecule has 0 amide bonds. The molecule has 1 aliphatic heterocycles. The van der Waals surface area contributed by atoms with E-state index in [1.165, 1.54) is 24.8 Å². The van der Waals surface area contributed by atoms with E-state index in [0.29, 0.717) is 6.04 Å². The predicted octanol–water partition coefficient (Wildman–Crippen LogP) is 4.11. The molecule has 1 N–H and O–H groups in total. The molecule has 0 spiro atoms. The average Bonchev–Trinajstić information content (AvgIpc) is 2.44. The highest BCUT2D eigenvalue weighted by atomic mass is 35.5. The van der Waals surface area contributed by atoms with Crippen LogP contribution in [0.1, 0.15) is 43.4 Å². The Bertz CT molecular complexity index is 409. The van der Waals surface area contributed by atoms with Gasteiger partial charge in [-0.15, -0.1) is 24.8 Å². The Labute approximate surface area is 140 Å². The first-order valence-electron chi connectivity index (χ1n) is 7.43. The Balaban J connectivity index is 0.00000200. The van der Waals surface area contributed by atoms with E-state index in [1.54, 1.807) is 6.07 Å². The molecule has 0 unspecified atom stereocenters. The van der Waals surface area contributed by atoms with Gasteiger partial charge in [0.05, 0.1) is 0 Å². The van der Waals surface area contributed by atoms with Crippen LogP contribution >= 0.6 is 24.8 Å². The first-order chi connectivity index (χ1) is 9.22. The Kier molecular flexibility index (Phi) is 10.2. The van der Waals surface area contributed by atoms with Crippen LogP contribution in [-0.2, 0) is 0 Å². The van der Waals surface area contributed by atoms with E-state index in [0.717, 1.165) is 31.7 Å². The van der Waals surface area contributed by atoms with Gasteiger partial charge >= 0.3 is 0 Å². The molecule has 1 saturated heterocycles. The maximum Gasteiger partial charge on any atom is 0.126 e. The van der Waals surface area contributed by atoms with Crippen molar-refractivity contribution < 1.29 is 4.39 Å². The van der Waals surface area contributed by atoms with Gasteiger partial charge in [-0.25, -0.2) is 4.39 Å². The topological polar surface area (TPSA) is 15.3 Å². The molecule has 1 heterocycles. The van der Waals surface area contributed by atoms with Crippen molar-refractivity contribution in [2.75, 3.05) is 26.2 Å². The third-order valence-corrected chi connectivity index (χ3v) is 3.99. The molecule has 1 aromatic carbocycles. The summed E-state index contributed by atoms with van der Waals surface area (Å²) in [4.78, 5) is 2.54. The molecule has 0 radical (unpaired) electrons. The smallest absolute Gasteiger partial charge is 0.126 e. The van der Waals surface area contributed by atoms with Gasteiger partial charge in [0.15, 0.2) is 0 Å². The summed E-state index contributed by atoms with van der Waals surface area (Å²) in [7, 11) is 0. The van der Waals surface area contributed by atoms with Gasteiger partial charge in [-0.2, -0.15) is 0 Å². The largest absolute Gasteiger partial charge is 0.314 e. The van der Waals surface area contributed by atoms with E-state index >= 15 is 0 Å². The van der Waals surface area contributed by atoms with Crippen molar-refractivity contribution in [3.63, 3.8) is 0 Å². The van der Waals surface area contributed by atoms with Crippen molar-refractivity contribution >= 4 is 24.8 Å². The third kappa shape index (κ3) is 5.74. The second-order valence-corrected chi connectivity index (χ2v) is 5.45.